The molecule has 1 heterocycles. The van der Waals surface area contributed by atoms with Gasteiger partial charge in [-0.15, -0.1) is 11.3 Å². The third-order valence-corrected chi connectivity index (χ3v) is 3.66. The Morgan fingerprint density at radius 3 is 2.47 bits per heavy atom. The van der Waals surface area contributed by atoms with E-state index in [1.54, 1.807) is 11.3 Å². The van der Waals surface area contributed by atoms with Crippen LogP contribution in [0.3, 0.4) is 0 Å². The van der Waals surface area contributed by atoms with Gasteiger partial charge in [-0.05, 0) is 50.3 Å². The molecule has 1 aromatic rings. The number of carbonyl (C=O) groups excluding carboxylic acids is 1. The molecule has 0 radical (unpaired) electrons. The van der Waals surface area contributed by atoms with Crippen molar-refractivity contribution in [1.29, 1.82) is 0 Å². The van der Waals surface area contributed by atoms with Crippen LogP contribution in [-0.4, -0.2) is 30.3 Å². The minimum atomic E-state index is 0.299. The molecule has 0 unspecified atom stereocenters. The van der Waals surface area contributed by atoms with Crippen LogP contribution in [0.15, 0.2) is 17.5 Å². The van der Waals surface area contributed by atoms with Crippen molar-refractivity contribution in [3.8, 4) is 0 Å². The number of carbonyl (C=O) groups is 1. The minimum absolute atomic E-state index is 0.299. The molecule has 0 amide bonds. The summed E-state index contributed by atoms with van der Waals surface area (Å²) in [6.07, 6.45) is 4.05. The van der Waals surface area contributed by atoms with Crippen molar-refractivity contribution in [3.63, 3.8) is 0 Å². The molecule has 0 saturated carbocycles. The van der Waals surface area contributed by atoms with Crippen molar-refractivity contribution < 1.29 is 4.79 Å². The van der Waals surface area contributed by atoms with Gasteiger partial charge in [-0.1, -0.05) is 19.9 Å². The molecule has 0 bridgehead atoms. The summed E-state index contributed by atoms with van der Waals surface area (Å²) in [5, 5.41) is 1.97. The van der Waals surface area contributed by atoms with E-state index in [-0.39, 0.29) is 0 Å². The molecule has 0 saturated heterocycles. The molecule has 96 valence electrons. The van der Waals surface area contributed by atoms with E-state index < -0.39 is 0 Å². The summed E-state index contributed by atoms with van der Waals surface area (Å²) in [4.78, 5) is 15.2. The Hall–Kier alpha value is -0.670. The molecular weight excluding hydrogens is 230 g/mol. The maximum atomic E-state index is 11.8. The highest BCUT2D eigenvalue weighted by Gasteiger charge is 2.08. The molecule has 0 aliphatic rings. The second kappa shape index (κ2) is 8.43. The monoisotopic (exact) mass is 253 g/mol. The van der Waals surface area contributed by atoms with Gasteiger partial charge in [0, 0.05) is 6.42 Å². The molecular formula is C14H23NOS. The number of hydrogen-bond acceptors (Lipinski definition) is 3. The van der Waals surface area contributed by atoms with Crippen LogP contribution in [0, 0.1) is 0 Å². The van der Waals surface area contributed by atoms with E-state index in [0.29, 0.717) is 12.2 Å². The fourth-order valence-electron chi connectivity index (χ4n) is 1.99. The smallest absolute Gasteiger partial charge is 0.172 e. The van der Waals surface area contributed by atoms with Gasteiger partial charge >= 0.3 is 0 Å². The molecule has 0 aliphatic carbocycles. The highest BCUT2D eigenvalue weighted by molar-refractivity contribution is 7.12. The predicted molar refractivity (Wildman–Crippen MR) is 74.9 cm³/mol. The van der Waals surface area contributed by atoms with E-state index in [0.717, 1.165) is 30.9 Å². The molecule has 0 aliphatic heterocycles. The Morgan fingerprint density at radius 1 is 1.24 bits per heavy atom. The Balaban J connectivity index is 2.23. The van der Waals surface area contributed by atoms with Gasteiger partial charge in [-0.2, -0.15) is 0 Å². The van der Waals surface area contributed by atoms with Gasteiger partial charge in [0.05, 0.1) is 4.88 Å². The topological polar surface area (TPSA) is 20.3 Å². The van der Waals surface area contributed by atoms with E-state index in [2.05, 4.69) is 18.7 Å². The number of Topliss-reactive ketones (excluding diaryl/α,β-unsaturated/α-hetero) is 1. The first kappa shape index (κ1) is 14.4. The van der Waals surface area contributed by atoms with Gasteiger partial charge in [-0.3, -0.25) is 4.79 Å². The summed E-state index contributed by atoms with van der Waals surface area (Å²) in [6, 6.07) is 3.86. The first-order valence-electron chi connectivity index (χ1n) is 6.57. The van der Waals surface area contributed by atoms with Gasteiger partial charge in [-0.25, -0.2) is 0 Å². The molecule has 2 nitrogen and oxygen atoms in total. The second-order valence-electron chi connectivity index (χ2n) is 4.35. The van der Waals surface area contributed by atoms with Crippen LogP contribution >= 0.6 is 11.3 Å². The van der Waals surface area contributed by atoms with Gasteiger partial charge in [0.2, 0.25) is 0 Å². The molecule has 3 heteroatoms. The van der Waals surface area contributed by atoms with Crippen molar-refractivity contribution in [2.24, 2.45) is 0 Å². The second-order valence-corrected chi connectivity index (χ2v) is 5.29. The third-order valence-electron chi connectivity index (χ3n) is 2.75. The van der Waals surface area contributed by atoms with Crippen LogP contribution in [0.25, 0.3) is 0 Å². The largest absolute Gasteiger partial charge is 0.303 e. The van der Waals surface area contributed by atoms with E-state index in [9.17, 15) is 4.79 Å². The molecule has 0 N–H and O–H groups in total. The van der Waals surface area contributed by atoms with Crippen LogP contribution < -0.4 is 0 Å². The Bertz CT molecular complexity index is 302. The average molecular weight is 253 g/mol. The zero-order chi connectivity index (χ0) is 12.5. The summed E-state index contributed by atoms with van der Waals surface area (Å²) in [5.41, 5.74) is 0. The number of ketones is 1. The van der Waals surface area contributed by atoms with Crippen molar-refractivity contribution >= 4 is 17.1 Å². The fourth-order valence-corrected chi connectivity index (χ4v) is 2.69. The average Bonchev–Trinajstić information content (AvgIpc) is 2.83. The standard InChI is InChI=1S/C14H23NOS/c1-3-9-15(10-4-2)11-5-7-13(16)14-8-6-12-17-14/h6,8,12H,3-5,7,9-11H2,1-2H3. The fraction of sp³-hybridized carbons (Fsp3) is 0.643. The summed E-state index contributed by atoms with van der Waals surface area (Å²) in [6.45, 7) is 7.78. The number of rotatable bonds is 9. The van der Waals surface area contributed by atoms with Crippen molar-refractivity contribution in [3.05, 3.63) is 22.4 Å². The van der Waals surface area contributed by atoms with E-state index in [1.807, 2.05) is 17.5 Å². The first-order chi connectivity index (χ1) is 8.27. The third kappa shape index (κ3) is 5.46. The number of thiophene rings is 1. The number of nitrogens with zero attached hydrogens (tertiary/aromatic N) is 1. The molecule has 0 spiro atoms. The highest BCUT2D eigenvalue weighted by atomic mass is 32.1. The summed E-state index contributed by atoms with van der Waals surface area (Å²) >= 11 is 1.55. The van der Waals surface area contributed by atoms with Crippen molar-refractivity contribution in [1.82, 2.24) is 4.90 Å². The maximum Gasteiger partial charge on any atom is 0.172 e. The lowest BCUT2D eigenvalue weighted by Gasteiger charge is -2.20. The van der Waals surface area contributed by atoms with Gasteiger partial charge in [0.15, 0.2) is 5.78 Å². The lowest BCUT2D eigenvalue weighted by atomic mass is 10.2. The Labute approximate surface area is 109 Å². The van der Waals surface area contributed by atoms with Crippen LogP contribution in [-0.2, 0) is 0 Å². The van der Waals surface area contributed by atoms with Crippen LogP contribution in [0.4, 0.5) is 0 Å². The van der Waals surface area contributed by atoms with E-state index in [4.69, 9.17) is 0 Å². The zero-order valence-electron chi connectivity index (χ0n) is 10.9. The summed E-state index contributed by atoms with van der Waals surface area (Å²) < 4.78 is 0. The Kier molecular flexibility index (Phi) is 7.13. The van der Waals surface area contributed by atoms with Crippen molar-refractivity contribution in [2.45, 2.75) is 39.5 Å². The quantitative estimate of drug-likeness (QED) is 0.623. The van der Waals surface area contributed by atoms with Crippen LogP contribution in [0.5, 0.6) is 0 Å². The lowest BCUT2D eigenvalue weighted by Crippen LogP contribution is -2.26. The van der Waals surface area contributed by atoms with Gasteiger partial charge in [0.1, 0.15) is 0 Å². The Morgan fingerprint density at radius 2 is 1.94 bits per heavy atom. The summed E-state index contributed by atoms with van der Waals surface area (Å²) in [7, 11) is 0. The summed E-state index contributed by atoms with van der Waals surface area (Å²) in [5.74, 6) is 0.299. The maximum absolute atomic E-state index is 11.8. The van der Waals surface area contributed by atoms with Gasteiger partial charge in [0.25, 0.3) is 0 Å². The first-order valence-corrected chi connectivity index (χ1v) is 7.45. The van der Waals surface area contributed by atoms with Crippen molar-refractivity contribution in [2.75, 3.05) is 19.6 Å². The zero-order valence-corrected chi connectivity index (χ0v) is 11.8. The molecule has 0 atom stereocenters. The van der Waals surface area contributed by atoms with E-state index in [1.165, 1.54) is 12.8 Å². The molecule has 0 aromatic carbocycles. The SMILES string of the molecule is CCCN(CCC)CCCC(=O)c1cccs1. The molecule has 17 heavy (non-hydrogen) atoms. The lowest BCUT2D eigenvalue weighted by molar-refractivity contribution is 0.0978. The molecule has 1 rings (SSSR count). The van der Waals surface area contributed by atoms with E-state index >= 15 is 0 Å². The predicted octanol–water partition coefficient (Wildman–Crippen LogP) is 3.83. The molecule has 0 fully saturated rings. The van der Waals surface area contributed by atoms with Crippen LogP contribution in [0.1, 0.15) is 49.2 Å². The minimum Gasteiger partial charge on any atom is -0.303 e. The van der Waals surface area contributed by atoms with Gasteiger partial charge < -0.3 is 4.90 Å². The van der Waals surface area contributed by atoms with Crippen LogP contribution in [0.2, 0.25) is 0 Å². The normalized spacial score (nSPS) is 11.0. The molecule has 1 aromatic heterocycles. The highest BCUT2D eigenvalue weighted by Crippen LogP contribution is 2.12. The number of hydrogen-bond donors (Lipinski definition) is 0.